The minimum absolute atomic E-state index is 0.126. The van der Waals surface area contributed by atoms with Crippen molar-refractivity contribution in [3.63, 3.8) is 0 Å². The first-order valence-corrected chi connectivity index (χ1v) is 8.52. The fraction of sp³-hybridized carbons (Fsp3) is 0.125. The van der Waals surface area contributed by atoms with Gasteiger partial charge >= 0.3 is 6.18 Å². The molecule has 0 saturated carbocycles. The average Bonchev–Trinajstić information content (AvgIpc) is 2.55. The maximum absolute atomic E-state index is 12.6. The largest absolute Gasteiger partial charge is 0.496 e. The Morgan fingerprint density at radius 3 is 2.50 bits per heavy atom. The summed E-state index contributed by atoms with van der Waals surface area (Å²) in [5.74, 6) is -0.218. The number of halogens is 5. The zero-order chi connectivity index (χ0) is 19.5. The number of hydrogen-bond acceptors (Lipinski definition) is 3. The van der Waals surface area contributed by atoms with E-state index in [4.69, 9.17) is 28.6 Å². The van der Waals surface area contributed by atoms with Crippen molar-refractivity contribution >= 4 is 56.5 Å². The summed E-state index contributed by atoms with van der Waals surface area (Å²) in [6.45, 7) is 0. The van der Waals surface area contributed by atoms with Gasteiger partial charge in [-0.2, -0.15) is 13.2 Å². The molecule has 4 nitrogen and oxygen atoms in total. The second kappa shape index (κ2) is 8.24. The molecule has 0 aliphatic heterocycles. The smallest absolute Gasteiger partial charge is 0.416 e. The quantitative estimate of drug-likeness (QED) is 0.605. The summed E-state index contributed by atoms with van der Waals surface area (Å²) in [6, 6.07) is 7.60. The van der Waals surface area contributed by atoms with Crippen LogP contribution in [0, 0.1) is 0 Å². The van der Waals surface area contributed by atoms with Gasteiger partial charge < -0.3 is 10.1 Å². The van der Waals surface area contributed by atoms with Gasteiger partial charge in [0.15, 0.2) is 5.11 Å². The highest BCUT2D eigenvalue weighted by molar-refractivity contribution is 9.10. The Morgan fingerprint density at radius 2 is 1.92 bits per heavy atom. The molecule has 26 heavy (non-hydrogen) atoms. The lowest BCUT2D eigenvalue weighted by Gasteiger charge is -2.14. The van der Waals surface area contributed by atoms with Crippen molar-refractivity contribution in [3.05, 3.63) is 57.0 Å². The van der Waals surface area contributed by atoms with Crippen LogP contribution in [-0.2, 0) is 6.18 Å². The average molecular weight is 468 g/mol. The van der Waals surface area contributed by atoms with Crippen molar-refractivity contribution in [3.8, 4) is 5.75 Å². The van der Waals surface area contributed by atoms with Crippen LogP contribution in [0.4, 0.5) is 18.9 Å². The molecule has 10 heteroatoms. The van der Waals surface area contributed by atoms with Crippen molar-refractivity contribution in [1.82, 2.24) is 5.32 Å². The van der Waals surface area contributed by atoms with E-state index in [2.05, 4.69) is 26.6 Å². The molecule has 2 aromatic rings. The van der Waals surface area contributed by atoms with Crippen molar-refractivity contribution in [1.29, 1.82) is 0 Å². The first kappa shape index (κ1) is 20.5. The van der Waals surface area contributed by atoms with Crippen molar-refractivity contribution in [2.75, 3.05) is 12.4 Å². The van der Waals surface area contributed by atoms with Crippen LogP contribution in [-0.4, -0.2) is 18.1 Å². The zero-order valence-corrected chi connectivity index (χ0v) is 16.2. The summed E-state index contributed by atoms with van der Waals surface area (Å²) < 4.78 is 43.7. The number of ether oxygens (including phenoxy) is 1. The number of alkyl halides is 3. The number of nitrogens with one attached hydrogen (secondary N) is 2. The molecule has 2 N–H and O–H groups in total. The van der Waals surface area contributed by atoms with Gasteiger partial charge in [-0.3, -0.25) is 10.1 Å². The van der Waals surface area contributed by atoms with E-state index in [9.17, 15) is 18.0 Å². The molecule has 0 spiro atoms. The lowest BCUT2D eigenvalue weighted by Crippen LogP contribution is -2.34. The van der Waals surface area contributed by atoms with Crippen LogP contribution in [0.15, 0.2) is 40.9 Å². The van der Waals surface area contributed by atoms with E-state index >= 15 is 0 Å². The molecule has 2 rings (SSSR count). The molecule has 0 aromatic heterocycles. The predicted molar refractivity (Wildman–Crippen MR) is 101 cm³/mol. The van der Waals surface area contributed by atoms with Crippen LogP contribution >= 0.6 is 39.7 Å². The van der Waals surface area contributed by atoms with Crippen LogP contribution in [0.25, 0.3) is 0 Å². The van der Waals surface area contributed by atoms with E-state index in [1.807, 2.05) is 0 Å². The van der Waals surface area contributed by atoms with Crippen LogP contribution in [0.5, 0.6) is 5.75 Å². The maximum Gasteiger partial charge on any atom is 0.416 e. The summed E-state index contributed by atoms with van der Waals surface area (Å²) in [5, 5.41) is 4.70. The number of amides is 1. The molecule has 0 heterocycles. The first-order valence-electron chi connectivity index (χ1n) is 6.94. The van der Waals surface area contributed by atoms with Gasteiger partial charge in [0.25, 0.3) is 5.91 Å². The Bertz CT molecular complexity index is 862. The van der Waals surface area contributed by atoms with Gasteiger partial charge in [-0.25, -0.2) is 0 Å². The normalized spacial score (nSPS) is 11.0. The van der Waals surface area contributed by atoms with Gasteiger partial charge in [-0.05, 0) is 48.6 Å². The summed E-state index contributed by atoms with van der Waals surface area (Å²) in [4.78, 5) is 12.3. The van der Waals surface area contributed by atoms with Crippen LogP contribution < -0.4 is 15.4 Å². The summed E-state index contributed by atoms with van der Waals surface area (Å²) in [6.07, 6.45) is -4.51. The zero-order valence-electron chi connectivity index (χ0n) is 13.1. The van der Waals surface area contributed by atoms with Crippen LogP contribution in [0.1, 0.15) is 15.9 Å². The third kappa shape index (κ3) is 5.09. The highest BCUT2D eigenvalue weighted by Gasteiger charge is 2.31. The molecule has 0 bridgehead atoms. The minimum atomic E-state index is -4.51. The Morgan fingerprint density at radius 1 is 1.23 bits per heavy atom. The molecule has 1 amide bonds. The molecule has 0 aliphatic rings. The monoisotopic (exact) mass is 466 g/mol. The van der Waals surface area contributed by atoms with E-state index in [1.165, 1.54) is 7.11 Å². The van der Waals surface area contributed by atoms with Gasteiger partial charge in [0.2, 0.25) is 0 Å². The van der Waals surface area contributed by atoms with Crippen LogP contribution in [0.2, 0.25) is 5.02 Å². The Kier molecular flexibility index (Phi) is 6.48. The maximum atomic E-state index is 12.6. The van der Waals surface area contributed by atoms with Gasteiger partial charge in [0, 0.05) is 4.47 Å². The number of carbonyl (C=O) groups excluding carboxylic acids is 1. The topological polar surface area (TPSA) is 50.4 Å². The van der Waals surface area contributed by atoms with E-state index in [-0.39, 0.29) is 21.4 Å². The molecule has 0 unspecified atom stereocenters. The second-order valence-electron chi connectivity index (χ2n) is 4.95. The summed E-state index contributed by atoms with van der Waals surface area (Å²) in [7, 11) is 1.42. The van der Waals surface area contributed by atoms with Crippen molar-refractivity contribution in [2.45, 2.75) is 6.18 Å². The van der Waals surface area contributed by atoms with Gasteiger partial charge in [0.05, 0.1) is 28.9 Å². The van der Waals surface area contributed by atoms with E-state index in [0.717, 1.165) is 18.2 Å². The second-order valence-corrected chi connectivity index (χ2v) is 6.68. The SMILES string of the molecule is COc1ccc(Br)cc1C(=O)NC(=S)Nc1ccc(C(F)(F)F)cc1Cl. The highest BCUT2D eigenvalue weighted by atomic mass is 79.9. The summed E-state index contributed by atoms with van der Waals surface area (Å²) >= 11 is 14.1. The van der Waals surface area contributed by atoms with Crippen molar-refractivity contribution < 1.29 is 22.7 Å². The molecule has 2 aromatic carbocycles. The lowest BCUT2D eigenvalue weighted by molar-refractivity contribution is -0.137. The number of benzene rings is 2. The Labute approximate surface area is 165 Å². The number of thiocarbonyl (C=S) groups is 1. The van der Waals surface area contributed by atoms with Gasteiger partial charge in [-0.15, -0.1) is 0 Å². The van der Waals surface area contributed by atoms with E-state index < -0.39 is 17.6 Å². The molecular weight excluding hydrogens is 457 g/mol. The third-order valence-corrected chi connectivity index (χ3v) is 4.19. The summed E-state index contributed by atoms with van der Waals surface area (Å²) in [5.41, 5.74) is -0.530. The molecule has 0 fully saturated rings. The number of rotatable bonds is 3. The molecule has 138 valence electrons. The Hall–Kier alpha value is -1.84. The van der Waals surface area contributed by atoms with E-state index in [1.54, 1.807) is 18.2 Å². The number of carbonyl (C=O) groups is 1. The van der Waals surface area contributed by atoms with Gasteiger partial charge in [0.1, 0.15) is 5.75 Å². The number of methoxy groups -OCH3 is 1. The molecule has 0 aliphatic carbocycles. The number of hydrogen-bond donors (Lipinski definition) is 2. The predicted octanol–water partition coefficient (Wildman–Crippen LogP) is 5.26. The van der Waals surface area contributed by atoms with Gasteiger partial charge in [-0.1, -0.05) is 27.5 Å². The van der Waals surface area contributed by atoms with E-state index in [0.29, 0.717) is 10.2 Å². The van der Waals surface area contributed by atoms with Crippen LogP contribution in [0.3, 0.4) is 0 Å². The standard InChI is InChI=1S/C16H11BrClF3N2O2S/c1-25-13-5-3-9(17)7-10(13)14(24)23-15(26)22-12-4-2-8(6-11(12)18)16(19,20)21/h2-7H,1H3,(H2,22,23,24,26). The molecular formula is C16H11BrClF3N2O2S. The molecule has 0 saturated heterocycles. The number of anilines is 1. The third-order valence-electron chi connectivity index (χ3n) is 3.18. The Balaban J connectivity index is 2.12. The molecule has 0 atom stereocenters. The first-order chi connectivity index (χ1) is 12.1. The lowest BCUT2D eigenvalue weighted by atomic mass is 10.2. The highest BCUT2D eigenvalue weighted by Crippen LogP contribution is 2.33. The molecule has 0 radical (unpaired) electrons. The van der Waals surface area contributed by atoms with Crippen molar-refractivity contribution in [2.24, 2.45) is 0 Å². The fourth-order valence-electron chi connectivity index (χ4n) is 1.97. The minimum Gasteiger partial charge on any atom is -0.496 e. The fourth-order valence-corrected chi connectivity index (χ4v) is 2.77.